The van der Waals surface area contributed by atoms with Crippen molar-refractivity contribution in [2.24, 2.45) is 10.7 Å². The van der Waals surface area contributed by atoms with Crippen molar-refractivity contribution in [2.75, 3.05) is 18.4 Å². The minimum Gasteiger partial charge on any atom is -0.370 e. The summed E-state index contributed by atoms with van der Waals surface area (Å²) in [5.74, 6) is 0.133. The Kier molecular flexibility index (Phi) is 9.79. The number of nitrogens with two attached hydrogens (primary N) is 1. The van der Waals surface area contributed by atoms with Gasteiger partial charge in [-0.3, -0.25) is 4.79 Å². The van der Waals surface area contributed by atoms with Gasteiger partial charge in [0.1, 0.15) is 6.54 Å². The lowest BCUT2D eigenvalue weighted by atomic mass is 10.1. The predicted molar refractivity (Wildman–Crippen MR) is 94.6 cm³/mol. The first-order chi connectivity index (χ1) is 9.15. The molecule has 0 spiro atoms. The van der Waals surface area contributed by atoms with E-state index in [1.807, 2.05) is 25.1 Å². The molecule has 0 radical (unpaired) electrons. The molecule has 20 heavy (non-hydrogen) atoms. The summed E-state index contributed by atoms with van der Waals surface area (Å²) in [6, 6.07) is 7.94. The Labute approximate surface area is 137 Å². The lowest BCUT2D eigenvalue weighted by Crippen LogP contribution is -2.29. The van der Waals surface area contributed by atoms with E-state index in [0.29, 0.717) is 6.54 Å². The third-order valence-electron chi connectivity index (χ3n) is 2.57. The van der Waals surface area contributed by atoms with Crippen LogP contribution in [0.2, 0.25) is 0 Å². The van der Waals surface area contributed by atoms with Gasteiger partial charge in [0.05, 0.1) is 0 Å². The number of amides is 1. The number of carbonyl (C=O) groups excluding carboxylic acids is 1. The van der Waals surface area contributed by atoms with Crippen molar-refractivity contribution in [3.8, 4) is 0 Å². The van der Waals surface area contributed by atoms with E-state index < -0.39 is 0 Å². The van der Waals surface area contributed by atoms with Gasteiger partial charge in [0.25, 0.3) is 0 Å². The Bertz CT molecular complexity index is 449. The second kappa shape index (κ2) is 10.5. The molecule has 6 heteroatoms. The first kappa shape index (κ1) is 18.7. The Morgan fingerprint density at radius 1 is 1.35 bits per heavy atom. The zero-order valence-corrected chi connectivity index (χ0v) is 14.3. The number of aryl methyl sites for hydroxylation is 1. The second-order valence-corrected chi connectivity index (χ2v) is 4.23. The number of rotatable bonds is 6. The van der Waals surface area contributed by atoms with Gasteiger partial charge in [-0.15, -0.1) is 24.0 Å². The molecule has 1 amide bonds. The summed E-state index contributed by atoms with van der Waals surface area (Å²) in [5, 5.41) is 5.72. The van der Waals surface area contributed by atoms with Gasteiger partial charge < -0.3 is 16.4 Å². The molecule has 1 rings (SSSR count). The molecule has 0 saturated heterocycles. The summed E-state index contributed by atoms with van der Waals surface area (Å²) in [5.41, 5.74) is 7.84. The van der Waals surface area contributed by atoms with Gasteiger partial charge in [0.2, 0.25) is 5.91 Å². The van der Waals surface area contributed by atoms with Crippen LogP contribution >= 0.6 is 24.0 Å². The Hall–Kier alpha value is -1.31. The predicted octanol–water partition coefficient (Wildman–Crippen LogP) is 2.12. The number of hydrogen-bond acceptors (Lipinski definition) is 2. The average Bonchev–Trinajstić information content (AvgIpc) is 2.43. The molecule has 0 unspecified atom stereocenters. The van der Waals surface area contributed by atoms with Crippen LogP contribution in [-0.2, 0) is 11.2 Å². The average molecular weight is 390 g/mol. The number of guanidine groups is 1. The maximum absolute atomic E-state index is 11.4. The van der Waals surface area contributed by atoms with Crippen LogP contribution in [0.3, 0.4) is 0 Å². The van der Waals surface area contributed by atoms with Crippen LogP contribution in [0, 0.1) is 0 Å². The normalized spacial score (nSPS) is 10.6. The monoisotopic (exact) mass is 390 g/mol. The molecular weight excluding hydrogens is 367 g/mol. The van der Waals surface area contributed by atoms with Crippen LogP contribution in [0.4, 0.5) is 5.69 Å². The lowest BCUT2D eigenvalue weighted by molar-refractivity contribution is -0.119. The first-order valence-corrected chi connectivity index (χ1v) is 6.58. The molecule has 4 N–H and O–H groups in total. The molecule has 0 heterocycles. The standard InChI is InChI=1S/C14H22N4O.HI/c1-3-8-16-13(19)10-17-14(15)18-12-7-5-6-11(4-2)9-12;/h5-7,9H,3-4,8,10H2,1-2H3,(H,16,19)(H3,15,17,18);1H. The van der Waals surface area contributed by atoms with Gasteiger partial charge in [0, 0.05) is 12.2 Å². The highest BCUT2D eigenvalue weighted by atomic mass is 127. The summed E-state index contributed by atoms with van der Waals surface area (Å²) in [6.45, 7) is 4.81. The summed E-state index contributed by atoms with van der Waals surface area (Å²) >= 11 is 0. The van der Waals surface area contributed by atoms with Crippen LogP contribution in [0.25, 0.3) is 0 Å². The third kappa shape index (κ3) is 7.32. The van der Waals surface area contributed by atoms with E-state index in [9.17, 15) is 4.79 Å². The Balaban J connectivity index is 0.00000361. The number of anilines is 1. The fraction of sp³-hybridized carbons (Fsp3) is 0.429. The Morgan fingerprint density at radius 2 is 2.10 bits per heavy atom. The van der Waals surface area contributed by atoms with E-state index in [4.69, 9.17) is 5.73 Å². The maximum atomic E-state index is 11.4. The van der Waals surface area contributed by atoms with E-state index in [0.717, 1.165) is 18.5 Å². The molecule has 5 nitrogen and oxygen atoms in total. The maximum Gasteiger partial charge on any atom is 0.241 e. The molecule has 0 aliphatic carbocycles. The van der Waals surface area contributed by atoms with Gasteiger partial charge in [-0.1, -0.05) is 26.0 Å². The summed E-state index contributed by atoms with van der Waals surface area (Å²) in [7, 11) is 0. The van der Waals surface area contributed by atoms with Gasteiger partial charge in [-0.2, -0.15) is 0 Å². The molecule has 112 valence electrons. The second-order valence-electron chi connectivity index (χ2n) is 4.23. The van der Waals surface area contributed by atoms with Crippen molar-refractivity contribution >= 4 is 41.5 Å². The third-order valence-corrected chi connectivity index (χ3v) is 2.57. The Morgan fingerprint density at radius 3 is 2.75 bits per heavy atom. The van der Waals surface area contributed by atoms with E-state index in [-0.39, 0.29) is 42.4 Å². The van der Waals surface area contributed by atoms with Gasteiger partial charge >= 0.3 is 0 Å². The van der Waals surface area contributed by atoms with Gasteiger partial charge in [-0.05, 0) is 30.5 Å². The fourth-order valence-corrected chi connectivity index (χ4v) is 1.53. The largest absolute Gasteiger partial charge is 0.370 e. The van der Waals surface area contributed by atoms with Crippen molar-refractivity contribution in [1.29, 1.82) is 0 Å². The number of carbonyl (C=O) groups is 1. The van der Waals surface area contributed by atoms with Gasteiger partial charge in [0.15, 0.2) is 5.96 Å². The van der Waals surface area contributed by atoms with E-state index in [1.54, 1.807) is 0 Å². The smallest absolute Gasteiger partial charge is 0.241 e. The highest BCUT2D eigenvalue weighted by molar-refractivity contribution is 14.0. The molecule has 0 aliphatic rings. The van der Waals surface area contributed by atoms with Crippen LogP contribution in [0.15, 0.2) is 29.3 Å². The first-order valence-electron chi connectivity index (χ1n) is 6.58. The number of hydrogen-bond donors (Lipinski definition) is 3. The van der Waals surface area contributed by atoms with Crippen LogP contribution in [0.5, 0.6) is 0 Å². The number of benzene rings is 1. The molecule has 0 bridgehead atoms. The van der Waals surface area contributed by atoms with Gasteiger partial charge in [-0.25, -0.2) is 4.99 Å². The summed E-state index contributed by atoms with van der Waals surface area (Å²) < 4.78 is 0. The van der Waals surface area contributed by atoms with Crippen molar-refractivity contribution < 1.29 is 4.79 Å². The topological polar surface area (TPSA) is 79.5 Å². The van der Waals surface area contributed by atoms with E-state index >= 15 is 0 Å². The zero-order chi connectivity index (χ0) is 14.1. The van der Waals surface area contributed by atoms with Crippen LogP contribution in [0.1, 0.15) is 25.8 Å². The van der Waals surface area contributed by atoms with Crippen molar-refractivity contribution in [2.45, 2.75) is 26.7 Å². The molecule has 0 atom stereocenters. The number of nitrogens with one attached hydrogen (secondary N) is 2. The molecule has 0 fully saturated rings. The van der Waals surface area contributed by atoms with Crippen molar-refractivity contribution in [3.63, 3.8) is 0 Å². The fourth-order valence-electron chi connectivity index (χ4n) is 1.53. The number of aliphatic imine (C=N–C) groups is 1. The van der Waals surface area contributed by atoms with Crippen molar-refractivity contribution in [1.82, 2.24) is 5.32 Å². The minimum atomic E-state index is -0.117. The molecule has 0 aromatic heterocycles. The molecule has 1 aromatic carbocycles. The highest BCUT2D eigenvalue weighted by Crippen LogP contribution is 2.10. The highest BCUT2D eigenvalue weighted by Gasteiger charge is 2.00. The molecule has 0 saturated carbocycles. The van der Waals surface area contributed by atoms with E-state index in [2.05, 4.69) is 28.6 Å². The van der Waals surface area contributed by atoms with E-state index in [1.165, 1.54) is 5.56 Å². The van der Waals surface area contributed by atoms with Crippen molar-refractivity contribution in [3.05, 3.63) is 29.8 Å². The number of nitrogens with zero attached hydrogens (tertiary/aromatic N) is 1. The minimum absolute atomic E-state index is 0. The quantitative estimate of drug-likeness (QED) is 0.396. The van der Waals surface area contributed by atoms with Crippen LogP contribution < -0.4 is 16.4 Å². The SMILES string of the molecule is CCCNC(=O)CN=C(N)Nc1cccc(CC)c1.I. The molecule has 1 aromatic rings. The molecular formula is C14H23IN4O. The lowest BCUT2D eigenvalue weighted by Gasteiger charge is -2.07. The summed E-state index contributed by atoms with van der Waals surface area (Å²) in [6.07, 6.45) is 1.87. The zero-order valence-electron chi connectivity index (χ0n) is 12.0. The van der Waals surface area contributed by atoms with Crippen LogP contribution in [-0.4, -0.2) is 25.0 Å². The number of halogens is 1. The molecule has 0 aliphatic heterocycles. The summed E-state index contributed by atoms with van der Waals surface area (Å²) in [4.78, 5) is 15.4.